The van der Waals surface area contributed by atoms with Gasteiger partial charge >= 0.3 is 6.03 Å². The minimum atomic E-state index is -0.397. The van der Waals surface area contributed by atoms with Crippen LogP contribution in [0.5, 0.6) is 0 Å². The van der Waals surface area contributed by atoms with Crippen LogP contribution in [-0.4, -0.2) is 16.8 Å². The van der Waals surface area contributed by atoms with Crippen LogP contribution in [0.3, 0.4) is 0 Å². The second kappa shape index (κ2) is 8.45. The number of nitrogens with one attached hydrogen (secondary N) is 2. The van der Waals surface area contributed by atoms with Crippen LogP contribution in [0.4, 0.5) is 16.2 Å². The lowest BCUT2D eigenvalue weighted by molar-refractivity contribution is 0.101. The van der Waals surface area contributed by atoms with Gasteiger partial charge < -0.3 is 15.1 Å². The van der Waals surface area contributed by atoms with E-state index in [0.717, 1.165) is 16.8 Å². The Balaban J connectivity index is 1.41. The molecule has 1 aromatic heterocycles. The molecular formula is C24H19N3O3. The van der Waals surface area contributed by atoms with Gasteiger partial charge in [-0.25, -0.2) is 9.78 Å². The SMILES string of the molecule is CC(=O)c1cccc(NC(=O)Nc2ccc(-c3nc(-c4ccccc4)co3)cc2)c1. The Kier molecular flexibility index (Phi) is 5.39. The quantitative estimate of drug-likeness (QED) is 0.413. The highest BCUT2D eigenvalue weighted by Crippen LogP contribution is 2.25. The molecule has 148 valence electrons. The smallest absolute Gasteiger partial charge is 0.323 e. The summed E-state index contributed by atoms with van der Waals surface area (Å²) in [6.45, 7) is 1.48. The summed E-state index contributed by atoms with van der Waals surface area (Å²) < 4.78 is 5.60. The molecule has 0 spiro atoms. The van der Waals surface area contributed by atoms with Crippen molar-refractivity contribution >= 4 is 23.2 Å². The average Bonchev–Trinajstić information content (AvgIpc) is 3.25. The van der Waals surface area contributed by atoms with Gasteiger partial charge in [0.1, 0.15) is 12.0 Å². The molecule has 0 bridgehead atoms. The number of hydrogen-bond acceptors (Lipinski definition) is 4. The Labute approximate surface area is 173 Å². The van der Waals surface area contributed by atoms with E-state index in [1.165, 1.54) is 6.92 Å². The Morgan fingerprint density at radius 3 is 2.27 bits per heavy atom. The molecule has 2 amide bonds. The maximum atomic E-state index is 12.2. The third-order valence-electron chi connectivity index (χ3n) is 4.49. The molecule has 4 rings (SSSR count). The fraction of sp³-hybridized carbons (Fsp3) is 0.0417. The lowest BCUT2D eigenvalue weighted by Crippen LogP contribution is -2.19. The van der Waals surface area contributed by atoms with E-state index in [0.29, 0.717) is 22.8 Å². The number of hydrogen-bond donors (Lipinski definition) is 2. The monoisotopic (exact) mass is 397 g/mol. The largest absolute Gasteiger partial charge is 0.444 e. The van der Waals surface area contributed by atoms with E-state index in [1.54, 1.807) is 42.7 Å². The number of amides is 2. The predicted octanol–water partition coefficient (Wildman–Crippen LogP) is 5.86. The zero-order chi connectivity index (χ0) is 20.9. The number of aromatic nitrogens is 1. The Hall–Kier alpha value is -4.19. The molecule has 4 aromatic rings. The highest BCUT2D eigenvalue weighted by atomic mass is 16.3. The van der Waals surface area contributed by atoms with Crippen molar-refractivity contribution in [2.24, 2.45) is 0 Å². The summed E-state index contributed by atoms with van der Waals surface area (Å²) in [6, 6.07) is 23.4. The number of rotatable bonds is 5. The molecule has 0 saturated heterocycles. The highest BCUT2D eigenvalue weighted by molar-refractivity contribution is 6.01. The van der Waals surface area contributed by atoms with Gasteiger partial charge in [0.05, 0.1) is 0 Å². The first-order valence-corrected chi connectivity index (χ1v) is 9.39. The van der Waals surface area contributed by atoms with Crippen LogP contribution in [0.25, 0.3) is 22.7 Å². The topological polar surface area (TPSA) is 84.2 Å². The van der Waals surface area contributed by atoms with Gasteiger partial charge in [0, 0.05) is 28.1 Å². The van der Waals surface area contributed by atoms with Crippen LogP contribution in [0.2, 0.25) is 0 Å². The first-order valence-electron chi connectivity index (χ1n) is 9.39. The fourth-order valence-electron chi connectivity index (χ4n) is 2.95. The van der Waals surface area contributed by atoms with Crippen molar-refractivity contribution in [2.75, 3.05) is 10.6 Å². The standard InChI is InChI=1S/C24H19N3O3/c1-16(28)19-8-5-9-21(14-19)26-24(29)25-20-12-10-18(11-13-20)23-27-22(15-30-23)17-6-3-2-4-7-17/h2-15H,1H3,(H2,25,26,29). The van der Waals surface area contributed by atoms with E-state index in [4.69, 9.17) is 4.42 Å². The molecule has 0 fully saturated rings. The minimum absolute atomic E-state index is 0.0587. The van der Waals surface area contributed by atoms with E-state index >= 15 is 0 Å². The molecule has 6 nitrogen and oxygen atoms in total. The molecule has 0 aliphatic rings. The van der Waals surface area contributed by atoms with E-state index < -0.39 is 6.03 Å². The minimum Gasteiger partial charge on any atom is -0.444 e. The summed E-state index contributed by atoms with van der Waals surface area (Å²) in [4.78, 5) is 28.2. The average molecular weight is 397 g/mol. The first kappa shape index (κ1) is 19.1. The third kappa shape index (κ3) is 4.44. The molecule has 0 unspecified atom stereocenters. The van der Waals surface area contributed by atoms with Crippen LogP contribution in [0.1, 0.15) is 17.3 Å². The second-order valence-electron chi connectivity index (χ2n) is 6.70. The summed E-state index contributed by atoms with van der Waals surface area (Å²) in [5.74, 6) is 0.447. The van der Waals surface area contributed by atoms with Gasteiger partial charge in [-0.05, 0) is 43.3 Å². The van der Waals surface area contributed by atoms with Crippen molar-refractivity contribution in [3.05, 3.63) is 90.7 Å². The van der Waals surface area contributed by atoms with E-state index in [-0.39, 0.29) is 5.78 Å². The van der Waals surface area contributed by atoms with E-state index in [1.807, 2.05) is 42.5 Å². The molecule has 0 aliphatic carbocycles. The summed E-state index contributed by atoms with van der Waals surface area (Å²) in [5, 5.41) is 5.48. The number of oxazole rings is 1. The fourth-order valence-corrected chi connectivity index (χ4v) is 2.95. The van der Waals surface area contributed by atoms with Gasteiger partial charge in [-0.2, -0.15) is 0 Å². The number of urea groups is 1. The highest BCUT2D eigenvalue weighted by Gasteiger charge is 2.09. The van der Waals surface area contributed by atoms with Crippen molar-refractivity contribution in [2.45, 2.75) is 6.92 Å². The molecule has 0 saturated carbocycles. The second-order valence-corrected chi connectivity index (χ2v) is 6.70. The van der Waals surface area contributed by atoms with E-state index in [9.17, 15) is 9.59 Å². The molecule has 6 heteroatoms. The zero-order valence-corrected chi connectivity index (χ0v) is 16.3. The third-order valence-corrected chi connectivity index (χ3v) is 4.49. The van der Waals surface area contributed by atoms with Gasteiger partial charge in [-0.1, -0.05) is 42.5 Å². The summed E-state index contributed by atoms with van der Waals surface area (Å²) in [7, 11) is 0. The Morgan fingerprint density at radius 1 is 0.800 bits per heavy atom. The summed E-state index contributed by atoms with van der Waals surface area (Å²) in [6.07, 6.45) is 1.62. The van der Waals surface area contributed by atoms with Crippen molar-refractivity contribution in [1.29, 1.82) is 0 Å². The Morgan fingerprint density at radius 2 is 1.53 bits per heavy atom. The van der Waals surface area contributed by atoms with Gasteiger partial charge in [0.2, 0.25) is 5.89 Å². The van der Waals surface area contributed by atoms with Crippen LogP contribution in [0.15, 0.2) is 89.5 Å². The predicted molar refractivity (Wildman–Crippen MR) is 116 cm³/mol. The van der Waals surface area contributed by atoms with Gasteiger partial charge in [0.15, 0.2) is 5.78 Å². The lowest BCUT2D eigenvalue weighted by Gasteiger charge is -2.08. The summed E-state index contributed by atoms with van der Waals surface area (Å²) in [5.41, 5.74) is 4.26. The van der Waals surface area contributed by atoms with Crippen LogP contribution < -0.4 is 10.6 Å². The molecule has 0 radical (unpaired) electrons. The van der Waals surface area contributed by atoms with Crippen LogP contribution in [-0.2, 0) is 0 Å². The number of benzene rings is 3. The summed E-state index contributed by atoms with van der Waals surface area (Å²) >= 11 is 0. The first-order chi connectivity index (χ1) is 14.6. The Bertz CT molecular complexity index is 1180. The maximum absolute atomic E-state index is 12.2. The lowest BCUT2D eigenvalue weighted by atomic mass is 10.1. The molecule has 0 aliphatic heterocycles. The number of carbonyl (C=O) groups is 2. The van der Waals surface area contributed by atoms with Crippen molar-refractivity contribution in [1.82, 2.24) is 4.98 Å². The van der Waals surface area contributed by atoms with Crippen LogP contribution >= 0.6 is 0 Å². The van der Waals surface area contributed by atoms with Gasteiger partial charge in [-0.3, -0.25) is 4.79 Å². The van der Waals surface area contributed by atoms with Crippen LogP contribution in [0, 0.1) is 0 Å². The molecule has 1 heterocycles. The molecule has 0 atom stereocenters. The number of Topliss-reactive ketones (excluding diaryl/α,β-unsaturated/α-hetero) is 1. The molecule has 3 aromatic carbocycles. The number of nitrogens with zero attached hydrogens (tertiary/aromatic N) is 1. The van der Waals surface area contributed by atoms with Gasteiger partial charge in [0.25, 0.3) is 0 Å². The number of anilines is 2. The number of carbonyl (C=O) groups excluding carboxylic acids is 2. The zero-order valence-electron chi connectivity index (χ0n) is 16.3. The molecule has 30 heavy (non-hydrogen) atoms. The van der Waals surface area contributed by atoms with E-state index in [2.05, 4.69) is 15.6 Å². The van der Waals surface area contributed by atoms with Gasteiger partial charge in [-0.15, -0.1) is 0 Å². The maximum Gasteiger partial charge on any atom is 0.323 e. The van der Waals surface area contributed by atoms with Crippen molar-refractivity contribution in [3.8, 4) is 22.7 Å². The van der Waals surface area contributed by atoms with Crippen molar-refractivity contribution < 1.29 is 14.0 Å². The molecule has 2 N–H and O–H groups in total. The van der Waals surface area contributed by atoms with Crippen molar-refractivity contribution in [3.63, 3.8) is 0 Å². The number of ketones is 1. The molecular weight excluding hydrogens is 378 g/mol. The normalized spacial score (nSPS) is 10.4.